The molecule has 2 unspecified atom stereocenters. The fraction of sp³-hybridized carbons (Fsp3) is 0.561. The van der Waals surface area contributed by atoms with Crippen molar-refractivity contribution in [2.75, 3.05) is 47.5 Å². The summed E-state index contributed by atoms with van der Waals surface area (Å²) in [7, 11) is 1.12. The summed E-state index contributed by atoms with van der Waals surface area (Å²) in [6.07, 6.45) is 110. The Balaban J connectivity index is 4.19. The lowest BCUT2D eigenvalue weighted by atomic mass is 10.0. The Hall–Kier alpha value is -5.41. The Labute approximate surface area is 564 Å². The van der Waals surface area contributed by atoms with Crippen LogP contribution < -0.4 is 4.89 Å². The number of carbonyl (C=O) groups excluding carboxylic acids is 2. The van der Waals surface area contributed by atoms with Gasteiger partial charge >= 0.3 is 11.9 Å². The van der Waals surface area contributed by atoms with E-state index in [0.717, 1.165) is 161 Å². The molecular formula is C82H130NO8P. The number of esters is 2. The Morgan fingerprint density at radius 1 is 0.337 bits per heavy atom. The number of rotatable bonds is 63. The summed E-state index contributed by atoms with van der Waals surface area (Å²) in [6, 6.07) is 0. The standard InChI is InChI=1S/C82H130NO8P/c1-6-8-10-12-14-16-18-20-22-24-26-28-30-32-34-35-36-37-38-39-40-41-42-43-44-45-46-47-49-51-53-55-57-59-61-63-65-67-69-71-73-75-82(85)91-80(79-90-92(86,87)89-77-76-83(3,4)5)78-88-81(84)74-72-70-68-66-64-62-60-58-56-54-52-50-48-33-31-29-27-25-23-21-19-17-15-13-11-9-7-2/h8-11,14-17,20-23,26-29,32-34,36-37,39-40,42-43,45-46,48-49,51,55,57,61,63,80H,6-7,12-13,18-19,24-25,30-31,35,38,41,44,47,50,52-54,56,58-60,62,64-79H2,1-5H3/b10-8-,11-9-,16-14-,17-15-,22-20-,23-21-,28-26-,29-27-,34-32-,37-36-,40-39-,43-42-,46-45-,48-33-,51-49-,57-55-,63-61-. The second kappa shape index (κ2) is 69.9. The molecule has 0 amide bonds. The molecule has 0 heterocycles. The number of carbonyl (C=O) groups is 2. The van der Waals surface area contributed by atoms with E-state index in [0.29, 0.717) is 23.9 Å². The van der Waals surface area contributed by atoms with Crippen molar-refractivity contribution in [1.82, 2.24) is 0 Å². The highest BCUT2D eigenvalue weighted by atomic mass is 31.2. The van der Waals surface area contributed by atoms with Crippen molar-refractivity contribution in [1.29, 1.82) is 0 Å². The summed E-state index contributed by atoms with van der Waals surface area (Å²) < 4.78 is 34.3. The average molecular weight is 1290 g/mol. The molecule has 0 saturated carbocycles. The topological polar surface area (TPSA) is 111 Å². The van der Waals surface area contributed by atoms with E-state index in [4.69, 9.17) is 18.5 Å². The third-order valence-electron chi connectivity index (χ3n) is 14.3. The first kappa shape index (κ1) is 86.6. The number of hydrogen-bond acceptors (Lipinski definition) is 8. The zero-order valence-corrected chi connectivity index (χ0v) is 59.5. The van der Waals surface area contributed by atoms with E-state index in [1.165, 1.54) is 44.9 Å². The first-order chi connectivity index (χ1) is 45.0. The van der Waals surface area contributed by atoms with Gasteiger partial charge in [-0.15, -0.1) is 0 Å². The molecule has 0 rings (SSSR count). The SMILES string of the molecule is CC/C=C\C/C=C\C/C=C\C/C=C\C/C=C\C/C=C\C/C=C\C/C=C\C/C=C\C/C=C\C/C=C\C/C=C\CCCCCCC(=O)OC(COC(=O)CCCCCCCCCCCCC/C=C\C/C=C\C/C=C\C/C=C\C/C=C\CC)COP(=O)([O-])OCC[N+](C)(C)C. The number of nitrogens with zero attached hydrogens (tertiary/aromatic N) is 1. The molecule has 10 heteroatoms. The Morgan fingerprint density at radius 2 is 0.587 bits per heavy atom. The minimum absolute atomic E-state index is 0.0478. The van der Waals surface area contributed by atoms with Gasteiger partial charge in [0.2, 0.25) is 0 Å². The number of unbranched alkanes of at least 4 members (excludes halogenated alkanes) is 15. The number of quaternary nitrogens is 1. The molecule has 0 aromatic rings. The molecule has 0 aliphatic heterocycles. The number of hydrogen-bond donors (Lipinski definition) is 0. The predicted octanol–water partition coefficient (Wildman–Crippen LogP) is 23.2. The van der Waals surface area contributed by atoms with Gasteiger partial charge in [0.1, 0.15) is 19.8 Å². The summed E-state index contributed by atoms with van der Waals surface area (Å²) in [6.45, 7) is 3.96. The lowest BCUT2D eigenvalue weighted by Gasteiger charge is -2.28. The van der Waals surface area contributed by atoms with Gasteiger partial charge in [0.05, 0.1) is 27.7 Å². The van der Waals surface area contributed by atoms with Crippen molar-refractivity contribution in [3.05, 3.63) is 207 Å². The van der Waals surface area contributed by atoms with Crippen LogP contribution >= 0.6 is 7.82 Å². The lowest BCUT2D eigenvalue weighted by Crippen LogP contribution is -2.37. The third kappa shape index (κ3) is 73.6. The molecule has 0 aromatic heterocycles. The molecule has 0 aliphatic rings. The summed E-state index contributed by atoms with van der Waals surface area (Å²) >= 11 is 0. The fourth-order valence-corrected chi connectivity index (χ4v) is 9.63. The first-order valence-corrected chi connectivity index (χ1v) is 37.3. The molecule has 0 radical (unpaired) electrons. The zero-order valence-electron chi connectivity index (χ0n) is 58.7. The molecule has 0 fully saturated rings. The molecule has 0 aliphatic carbocycles. The van der Waals surface area contributed by atoms with E-state index in [1.807, 2.05) is 21.1 Å². The smallest absolute Gasteiger partial charge is 0.306 e. The van der Waals surface area contributed by atoms with Gasteiger partial charge in [-0.05, 0) is 148 Å². The van der Waals surface area contributed by atoms with Crippen LogP contribution in [0.15, 0.2) is 207 Å². The van der Waals surface area contributed by atoms with Crippen LogP contribution in [0.3, 0.4) is 0 Å². The van der Waals surface area contributed by atoms with Gasteiger partial charge in [-0.1, -0.05) is 291 Å². The van der Waals surface area contributed by atoms with Gasteiger partial charge in [0, 0.05) is 12.8 Å². The van der Waals surface area contributed by atoms with Crippen molar-refractivity contribution in [3.8, 4) is 0 Å². The van der Waals surface area contributed by atoms with Gasteiger partial charge in [-0.25, -0.2) is 0 Å². The van der Waals surface area contributed by atoms with Crippen LogP contribution in [-0.4, -0.2) is 70.0 Å². The molecule has 0 saturated heterocycles. The van der Waals surface area contributed by atoms with E-state index >= 15 is 0 Å². The second-order valence-corrected chi connectivity index (χ2v) is 25.5. The molecule has 0 spiro atoms. The van der Waals surface area contributed by atoms with Crippen molar-refractivity contribution < 1.29 is 42.1 Å². The van der Waals surface area contributed by atoms with Crippen LogP contribution in [0, 0.1) is 0 Å². The quantitative estimate of drug-likeness (QED) is 0.0195. The molecule has 92 heavy (non-hydrogen) atoms. The van der Waals surface area contributed by atoms with Crippen LogP contribution in [0.5, 0.6) is 0 Å². The number of phosphoric acid groups is 1. The van der Waals surface area contributed by atoms with E-state index in [2.05, 4.69) is 220 Å². The van der Waals surface area contributed by atoms with Gasteiger partial charge in [-0.3, -0.25) is 14.2 Å². The molecule has 0 N–H and O–H groups in total. The molecule has 0 bridgehead atoms. The van der Waals surface area contributed by atoms with E-state index in [1.54, 1.807) is 0 Å². The minimum Gasteiger partial charge on any atom is -0.756 e. The van der Waals surface area contributed by atoms with Crippen molar-refractivity contribution in [3.63, 3.8) is 0 Å². The maximum absolute atomic E-state index is 12.9. The van der Waals surface area contributed by atoms with Gasteiger partial charge in [-0.2, -0.15) is 0 Å². The second-order valence-electron chi connectivity index (χ2n) is 24.1. The Morgan fingerprint density at radius 3 is 0.870 bits per heavy atom. The fourth-order valence-electron chi connectivity index (χ4n) is 8.90. The maximum Gasteiger partial charge on any atom is 0.306 e. The summed E-state index contributed by atoms with van der Waals surface area (Å²) in [4.78, 5) is 38.1. The van der Waals surface area contributed by atoms with Crippen LogP contribution in [0.25, 0.3) is 0 Å². The lowest BCUT2D eigenvalue weighted by molar-refractivity contribution is -0.870. The van der Waals surface area contributed by atoms with Crippen LogP contribution in [0.1, 0.15) is 245 Å². The third-order valence-corrected chi connectivity index (χ3v) is 15.3. The monoisotopic (exact) mass is 1290 g/mol. The predicted molar refractivity (Wildman–Crippen MR) is 396 cm³/mol. The normalized spacial score (nSPS) is 14.4. The summed E-state index contributed by atoms with van der Waals surface area (Å²) in [5.41, 5.74) is 0. The van der Waals surface area contributed by atoms with Gasteiger partial charge in [0.25, 0.3) is 7.82 Å². The van der Waals surface area contributed by atoms with Crippen molar-refractivity contribution in [2.45, 2.75) is 251 Å². The van der Waals surface area contributed by atoms with Crippen LogP contribution in [0.4, 0.5) is 0 Å². The van der Waals surface area contributed by atoms with E-state index in [9.17, 15) is 19.0 Å². The Kier molecular flexibility index (Phi) is 65.8. The number of phosphoric ester groups is 1. The van der Waals surface area contributed by atoms with Gasteiger partial charge in [0.15, 0.2) is 6.10 Å². The van der Waals surface area contributed by atoms with Crippen molar-refractivity contribution in [2.24, 2.45) is 0 Å². The Bertz CT molecular complexity index is 2310. The summed E-state index contributed by atoms with van der Waals surface area (Å²) in [5.74, 6) is -0.880. The zero-order chi connectivity index (χ0) is 66.9. The number of ether oxygens (including phenoxy) is 2. The molecule has 2 atom stereocenters. The van der Waals surface area contributed by atoms with Crippen LogP contribution in [-0.2, 0) is 32.7 Å². The average Bonchev–Trinajstić information content (AvgIpc) is 2.23. The molecule has 516 valence electrons. The van der Waals surface area contributed by atoms with Crippen LogP contribution in [0.2, 0.25) is 0 Å². The minimum atomic E-state index is -4.67. The summed E-state index contributed by atoms with van der Waals surface area (Å²) in [5, 5.41) is 0. The maximum atomic E-state index is 12.9. The largest absolute Gasteiger partial charge is 0.756 e. The number of allylic oxidation sites excluding steroid dienone is 34. The van der Waals surface area contributed by atoms with Gasteiger partial charge < -0.3 is 27.9 Å². The highest BCUT2D eigenvalue weighted by molar-refractivity contribution is 7.45. The highest BCUT2D eigenvalue weighted by Gasteiger charge is 2.22. The van der Waals surface area contributed by atoms with E-state index < -0.39 is 32.5 Å². The highest BCUT2D eigenvalue weighted by Crippen LogP contribution is 2.38. The molecule has 9 nitrogen and oxygen atoms in total. The first-order valence-electron chi connectivity index (χ1n) is 35.8. The number of likely N-dealkylation sites (N-methyl/N-ethyl adjacent to an activating group) is 1. The van der Waals surface area contributed by atoms with E-state index in [-0.39, 0.29) is 26.1 Å². The molecular weight excluding hydrogens is 1160 g/mol. The molecule has 0 aromatic carbocycles. The van der Waals surface area contributed by atoms with Crippen molar-refractivity contribution >= 4 is 19.8 Å².